The van der Waals surface area contributed by atoms with E-state index in [2.05, 4.69) is 5.32 Å². The van der Waals surface area contributed by atoms with Crippen molar-refractivity contribution in [1.29, 1.82) is 0 Å². The third-order valence-electron chi connectivity index (χ3n) is 3.15. The predicted molar refractivity (Wildman–Crippen MR) is 87.0 cm³/mol. The monoisotopic (exact) mass is 294 g/mol. The normalized spacial score (nSPS) is 10.6. The second-order valence-corrected chi connectivity index (χ2v) is 5.03. The maximum absolute atomic E-state index is 11.8. The van der Waals surface area contributed by atoms with Crippen LogP contribution in [0.4, 0.5) is 0 Å². The van der Waals surface area contributed by atoms with Crippen molar-refractivity contribution in [2.45, 2.75) is 13.5 Å². The van der Waals surface area contributed by atoms with E-state index in [0.29, 0.717) is 12.1 Å². The van der Waals surface area contributed by atoms with Gasteiger partial charge < -0.3 is 11.1 Å². The molecule has 2 amide bonds. The Hall–Kier alpha value is -2.88. The molecule has 0 aliphatic heterocycles. The van der Waals surface area contributed by atoms with Crippen LogP contribution in [-0.2, 0) is 11.3 Å². The second kappa shape index (κ2) is 7.22. The summed E-state index contributed by atoms with van der Waals surface area (Å²) in [6, 6.07) is 14.8. The van der Waals surface area contributed by atoms with Gasteiger partial charge in [0.2, 0.25) is 11.8 Å². The lowest BCUT2D eigenvalue weighted by atomic mass is 10.1. The molecule has 0 aliphatic rings. The lowest BCUT2D eigenvalue weighted by Crippen LogP contribution is -2.20. The van der Waals surface area contributed by atoms with E-state index in [1.54, 1.807) is 24.3 Å². The number of benzene rings is 2. The number of nitrogens with one attached hydrogen (secondary N) is 1. The molecule has 0 spiro atoms. The SMILES string of the molecule is Cc1cccc(/C=C/C(=O)NCc2cccc(C(N)=O)c2)c1. The molecule has 0 heterocycles. The fourth-order valence-corrected chi connectivity index (χ4v) is 2.03. The quantitative estimate of drug-likeness (QED) is 0.831. The fraction of sp³-hybridized carbons (Fsp3) is 0.111. The van der Waals surface area contributed by atoms with Gasteiger partial charge in [-0.2, -0.15) is 0 Å². The van der Waals surface area contributed by atoms with E-state index in [1.165, 1.54) is 6.08 Å². The maximum atomic E-state index is 11.8. The van der Waals surface area contributed by atoms with Gasteiger partial charge in [-0.05, 0) is 36.3 Å². The number of hydrogen-bond acceptors (Lipinski definition) is 2. The van der Waals surface area contributed by atoms with Crippen LogP contribution in [0.25, 0.3) is 6.08 Å². The summed E-state index contributed by atoms with van der Waals surface area (Å²) >= 11 is 0. The summed E-state index contributed by atoms with van der Waals surface area (Å²) in [6.45, 7) is 2.35. The summed E-state index contributed by atoms with van der Waals surface area (Å²) < 4.78 is 0. The van der Waals surface area contributed by atoms with E-state index in [0.717, 1.165) is 16.7 Å². The summed E-state index contributed by atoms with van der Waals surface area (Å²) in [6.07, 6.45) is 3.26. The highest BCUT2D eigenvalue weighted by molar-refractivity contribution is 5.93. The minimum atomic E-state index is -0.479. The predicted octanol–water partition coefficient (Wildman–Crippen LogP) is 2.42. The van der Waals surface area contributed by atoms with Crippen LogP contribution in [0, 0.1) is 6.92 Å². The molecule has 0 aromatic heterocycles. The lowest BCUT2D eigenvalue weighted by molar-refractivity contribution is -0.116. The number of amides is 2. The van der Waals surface area contributed by atoms with Crippen molar-refractivity contribution >= 4 is 17.9 Å². The first kappa shape index (κ1) is 15.5. The number of carbonyl (C=O) groups excluding carboxylic acids is 2. The van der Waals surface area contributed by atoms with Gasteiger partial charge in [0.15, 0.2) is 0 Å². The van der Waals surface area contributed by atoms with E-state index in [-0.39, 0.29) is 5.91 Å². The largest absolute Gasteiger partial charge is 0.366 e. The van der Waals surface area contributed by atoms with Crippen LogP contribution >= 0.6 is 0 Å². The third-order valence-corrected chi connectivity index (χ3v) is 3.15. The fourth-order valence-electron chi connectivity index (χ4n) is 2.03. The zero-order valence-corrected chi connectivity index (χ0v) is 12.4. The Morgan fingerprint density at radius 3 is 2.64 bits per heavy atom. The molecule has 22 heavy (non-hydrogen) atoms. The Kier molecular flexibility index (Phi) is 5.09. The van der Waals surface area contributed by atoms with Crippen LogP contribution in [0.5, 0.6) is 0 Å². The highest BCUT2D eigenvalue weighted by atomic mass is 16.1. The molecule has 4 nitrogen and oxygen atoms in total. The first-order chi connectivity index (χ1) is 10.5. The standard InChI is InChI=1S/C18H18N2O2/c1-13-4-2-5-14(10-13)8-9-17(21)20-12-15-6-3-7-16(11-15)18(19)22/h2-11H,12H2,1H3,(H2,19,22)(H,20,21)/b9-8+. The van der Waals surface area contributed by atoms with Gasteiger partial charge in [-0.1, -0.05) is 42.0 Å². The summed E-state index contributed by atoms with van der Waals surface area (Å²) in [7, 11) is 0. The molecule has 0 radical (unpaired) electrons. The minimum absolute atomic E-state index is 0.189. The number of carbonyl (C=O) groups is 2. The molecule has 0 unspecified atom stereocenters. The van der Waals surface area contributed by atoms with E-state index < -0.39 is 5.91 Å². The van der Waals surface area contributed by atoms with Gasteiger partial charge in [0, 0.05) is 18.2 Å². The Labute approximate surface area is 129 Å². The topological polar surface area (TPSA) is 72.2 Å². The Morgan fingerprint density at radius 1 is 1.14 bits per heavy atom. The van der Waals surface area contributed by atoms with Crippen molar-refractivity contribution < 1.29 is 9.59 Å². The van der Waals surface area contributed by atoms with Gasteiger partial charge in [-0.3, -0.25) is 9.59 Å². The number of aryl methyl sites for hydroxylation is 1. The van der Waals surface area contributed by atoms with Crippen molar-refractivity contribution in [2.24, 2.45) is 5.73 Å². The number of rotatable bonds is 5. The van der Waals surface area contributed by atoms with Crippen LogP contribution in [0.3, 0.4) is 0 Å². The van der Waals surface area contributed by atoms with Gasteiger partial charge >= 0.3 is 0 Å². The van der Waals surface area contributed by atoms with Gasteiger partial charge in [-0.15, -0.1) is 0 Å². The molecule has 3 N–H and O–H groups in total. The first-order valence-electron chi connectivity index (χ1n) is 6.96. The molecule has 0 aliphatic carbocycles. The van der Waals surface area contributed by atoms with E-state index in [1.807, 2.05) is 37.3 Å². The smallest absolute Gasteiger partial charge is 0.248 e. The molecule has 0 saturated heterocycles. The number of primary amides is 1. The highest BCUT2D eigenvalue weighted by Gasteiger charge is 2.02. The molecule has 0 fully saturated rings. The summed E-state index contributed by atoms with van der Waals surface area (Å²) in [5.41, 5.74) is 8.61. The van der Waals surface area contributed by atoms with Crippen molar-refractivity contribution in [3.05, 3.63) is 76.9 Å². The summed E-state index contributed by atoms with van der Waals surface area (Å²) in [4.78, 5) is 22.9. The Bertz CT molecular complexity index is 721. The van der Waals surface area contributed by atoms with E-state index in [4.69, 9.17) is 5.73 Å². The molecule has 0 atom stereocenters. The van der Waals surface area contributed by atoms with Crippen molar-refractivity contribution in [3.63, 3.8) is 0 Å². The van der Waals surface area contributed by atoms with Crippen LogP contribution in [0.1, 0.15) is 27.0 Å². The van der Waals surface area contributed by atoms with Gasteiger partial charge in [0.05, 0.1) is 0 Å². The molecule has 4 heteroatoms. The van der Waals surface area contributed by atoms with E-state index in [9.17, 15) is 9.59 Å². The van der Waals surface area contributed by atoms with Crippen molar-refractivity contribution in [2.75, 3.05) is 0 Å². The summed E-state index contributed by atoms with van der Waals surface area (Å²) in [5, 5.41) is 2.77. The molecule has 2 aromatic carbocycles. The average Bonchev–Trinajstić information content (AvgIpc) is 2.51. The second-order valence-electron chi connectivity index (χ2n) is 5.03. The first-order valence-corrected chi connectivity index (χ1v) is 6.96. The van der Waals surface area contributed by atoms with Crippen LogP contribution in [-0.4, -0.2) is 11.8 Å². The van der Waals surface area contributed by atoms with Gasteiger partial charge in [0.25, 0.3) is 0 Å². The Balaban J connectivity index is 1.93. The van der Waals surface area contributed by atoms with Crippen LogP contribution in [0.2, 0.25) is 0 Å². The zero-order chi connectivity index (χ0) is 15.9. The van der Waals surface area contributed by atoms with Gasteiger partial charge in [-0.25, -0.2) is 0 Å². The van der Waals surface area contributed by atoms with Crippen molar-refractivity contribution in [1.82, 2.24) is 5.32 Å². The average molecular weight is 294 g/mol. The molecule has 0 saturated carbocycles. The van der Waals surface area contributed by atoms with Crippen molar-refractivity contribution in [3.8, 4) is 0 Å². The molecular weight excluding hydrogens is 276 g/mol. The zero-order valence-electron chi connectivity index (χ0n) is 12.4. The number of nitrogens with two attached hydrogens (primary N) is 1. The maximum Gasteiger partial charge on any atom is 0.248 e. The molecular formula is C18H18N2O2. The Morgan fingerprint density at radius 2 is 1.91 bits per heavy atom. The lowest BCUT2D eigenvalue weighted by Gasteiger charge is -2.04. The van der Waals surface area contributed by atoms with Crippen LogP contribution in [0.15, 0.2) is 54.6 Å². The highest BCUT2D eigenvalue weighted by Crippen LogP contribution is 2.06. The molecule has 0 bridgehead atoms. The third kappa shape index (κ3) is 4.59. The van der Waals surface area contributed by atoms with Gasteiger partial charge in [0.1, 0.15) is 0 Å². The number of hydrogen-bond donors (Lipinski definition) is 2. The minimum Gasteiger partial charge on any atom is -0.366 e. The molecule has 2 aromatic rings. The molecule has 2 rings (SSSR count). The van der Waals surface area contributed by atoms with Crippen LogP contribution < -0.4 is 11.1 Å². The van der Waals surface area contributed by atoms with E-state index >= 15 is 0 Å². The summed E-state index contributed by atoms with van der Waals surface area (Å²) in [5.74, 6) is -0.668. The molecule has 112 valence electrons.